The third-order valence-corrected chi connectivity index (χ3v) is 5.51. The maximum atomic E-state index is 11.7. The van der Waals surface area contributed by atoms with Gasteiger partial charge in [0.25, 0.3) is 0 Å². The number of fused-ring (bicyclic) bond motifs is 1. The molecule has 0 radical (unpaired) electrons. The van der Waals surface area contributed by atoms with Gasteiger partial charge in [0.2, 0.25) is 11.8 Å². The molecule has 0 aliphatic carbocycles. The number of carbonyl (C=O) groups is 1. The molecule has 4 aromatic rings. The van der Waals surface area contributed by atoms with Crippen LogP contribution in [0.1, 0.15) is 30.9 Å². The van der Waals surface area contributed by atoms with Crippen LogP contribution in [0, 0.1) is 5.92 Å². The van der Waals surface area contributed by atoms with Gasteiger partial charge in [0.05, 0.1) is 5.71 Å². The lowest BCUT2D eigenvalue weighted by Crippen LogP contribution is -2.33. The van der Waals surface area contributed by atoms with Crippen LogP contribution < -0.4 is 10.2 Å². The van der Waals surface area contributed by atoms with Crippen molar-refractivity contribution in [3.63, 3.8) is 0 Å². The molecular weight excluding hydrogens is 404 g/mol. The lowest BCUT2D eigenvalue weighted by molar-refractivity contribution is -0.122. The summed E-state index contributed by atoms with van der Waals surface area (Å²) in [5, 5.41) is 4.30. The van der Waals surface area contributed by atoms with Crippen molar-refractivity contribution < 1.29 is 13.9 Å². The number of ether oxygens (including phenoxy) is 1. The first kappa shape index (κ1) is 19.9. The Morgan fingerprint density at radius 3 is 2.91 bits per heavy atom. The van der Waals surface area contributed by atoms with E-state index in [1.165, 1.54) is 0 Å². The fraction of sp³-hybridized carbons (Fsp3) is 0.200. The quantitative estimate of drug-likeness (QED) is 0.482. The monoisotopic (exact) mass is 426 g/mol. The molecule has 1 atom stereocenters. The van der Waals surface area contributed by atoms with Crippen LogP contribution >= 0.6 is 0 Å². The summed E-state index contributed by atoms with van der Waals surface area (Å²) in [6, 6.07) is 17.4. The summed E-state index contributed by atoms with van der Waals surface area (Å²) in [6.07, 6.45) is 4.81. The minimum atomic E-state index is -0.0470. The first-order valence-electron chi connectivity index (χ1n) is 10.6. The molecule has 0 bridgehead atoms. The van der Waals surface area contributed by atoms with Crippen LogP contribution in [0.3, 0.4) is 0 Å². The molecule has 160 valence electrons. The predicted octanol–water partition coefficient (Wildman–Crippen LogP) is 4.72. The van der Waals surface area contributed by atoms with E-state index in [0.29, 0.717) is 24.5 Å². The van der Waals surface area contributed by atoms with Crippen LogP contribution in [-0.4, -0.2) is 21.6 Å². The van der Waals surface area contributed by atoms with Crippen molar-refractivity contribution in [1.29, 1.82) is 0 Å². The molecular formula is C25H22N4O3. The van der Waals surface area contributed by atoms with E-state index in [4.69, 9.17) is 9.15 Å². The van der Waals surface area contributed by atoms with Crippen molar-refractivity contribution in [2.24, 2.45) is 11.0 Å². The molecule has 1 aliphatic rings. The highest BCUT2D eigenvalue weighted by molar-refractivity contribution is 6.07. The maximum Gasteiger partial charge on any atom is 0.240 e. The second-order valence-corrected chi connectivity index (χ2v) is 7.72. The number of oxazole rings is 1. The third-order valence-electron chi connectivity index (χ3n) is 5.51. The zero-order valence-electron chi connectivity index (χ0n) is 17.6. The number of hydrazone groups is 1. The molecule has 0 saturated heterocycles. The first-order chi connectivity index (χ1) is 15.7. The molecule has 2 aromatic carbocycles. The summed E-state index contributed by atoms with van der Waals surface area (Å²) in [5.41, 5.74) is 7.66. The van der Waals surface area contributed by atoms with Gasteiger partial charge in [-0.25, -0.2) is 10.4 Å². The standard InChI is InChI=1S/C25H22N4O3/c1-2-17-13-23(30)28-29-24(17)18-8-9-21-22(12-18)32-25(27-21)19-6-3-7-20(11-19)31-15-16-5-4-10-26-14-16/h3-12,14,17H,2,13,15H2,1H3,(H,28,30). The van der Waals surface area contributed by atoms with Gasteiger partial charge >= 0.3 is 0 Å². The molecule has 1 aliphatic heterocycles. The number of nitrogens with zero attached hydrogens (tertiary/aromatic N) is 3. The summed E-state index contributed by atoms with van der Waals surface area (Å²) in [5.74, 6) is 1.30. The van der Waals surface area contributed by atoms with Gasteiger partial charge < -0.3 is 9.15 Å². The number of carbonyl (C=O) groups excluding carboxylic acids is 1. The van der Waals surface area contributed by atoms with E-state index in [-0.39, 0.29) is 11.8 Å². The molecule has 1 unspecified atom stereocenters. The summed E-state index contributed by atoms with van der Waals surface area (Å²) < 4.78 is 12.0. The molecule has 1 N–H and O–H groups in total. The van der Waals surface area contributed by atoms with Crippen LogP contribution in [0.4, 0.5) is 0 Å². The molecule has 0 fully saturated rings. The smallest absolute Gasteiger partial charge is 0.240 e. The molecule has 1 amide bonds. The molecule has 0 spiro atoms. The maximum absolute atomic E-state index is 11.7. The summed E-state index contributed by atoms with van der Waals surface area (Å²) in [4.78, 5) is 20.4. The van der Waals surface area contributed by atoms with Crippen molar-refractivity contribution in [3.05, 3.63) is 78.1 Å². The predicted molar refractivity (Wildman–Crippen MR) is 121 cm³/mol. The molecule has 32 heavy (non-hydrogen) atoms. The topological polar surface area (TPSA) is 89.6 Å². The average molecular weight is 426 g/mol. The number of rotatable bonds is 6. The van der Waals surface area contributed by atoms with Crippen molar-refractivity contribution in [2.45, 2.75) is 26.4 Å². The molecule has 2 aromatic heterocycles. The fourth-order valence-electron chi connectivity index (χ4n) is 3.79. The van der Waals surface area contributed by atoms with E-state index >= 15 is 0 Å². The molecule has 7 heteroatoms. The number of benzene rings is 2. The largest absolute Gasteiger partial charge is 0.489 e. The van der Waals surface area contributed by atoms with E-state index in [9.17, 15) is 4.79 Å². The van der Waals surface area contributed by atoms with Crippen LogP contribution in [0.15, 0.2) is 76.5 Å². The Kier molecular flexibility index (Phi) is 5.37. The number of amides is 1. The number of pyridine rings is 1. The van der Waals surface area contributed by atoms with Crippen LogP contribution in [0.2, 0.25) is 0 Å². The Balaban J connectivity index is 1.40. The van der Waals surface area contributed by atoms with Gasteiger partial charge in [-0.15, -0.1) is 0 Å². The van der Waals surface area contributed by atoms with Crippen LogP contribution in [0.5, 0.6) is 5.75 Å². The summed E-state index contributed by atoms with van der Waals surface area (Å²) >= 11 is 0. The van der Waals surface area contributed by atoms with Gasteiger partial charge in [0, 0.05) is 41.4 Å². The highest BCUT2D eigenvalue weighted by atomic mass is 16.5. The second-order valence-electron chi connectivity index (χ2n) is 7.72. The molecule has 0 saturated carbocycles. The lowest BCUT2D eigenvalue weighted by atomic mass is 9.90. The fourth-order valence-corrected chi connectivity index (χ4v) is 3.79. The Labute approximate surface area is 185 Å². The van der Waals surface area contributed by atoms with E-state index in [1.54, 1.807) is 12.4 Å². The highest BCUT2D eigenvalue weighted by Gasteiger charge is 2.24. The molecule has 5 rings (SSSR count). The number of hydrogen-bond acceptors (Lipinski definition) is 6. The Hall–Kier alpha value is -4.00. The van der Waals surface area contributed by atoms with Gasteiger partial charge in [-0.2, -0.15) is 5.10 Å². The average Bonchev–Trinajstić information content (AvgIpc) is 3.27. The van der Waals surface area contributed by atoms with Crippen molar-refractivity contribution in [1.82, 2.24) is 15.4 Å². The Morgan fingerprint density at radius 1 is 1.12 bits per heavy atom. The third kappa shape index (κ3) is 4.09. The van der Waals surface area contributed by atoms with E-state index in [1.807, 2.05) is 54.6 Å². The minimum Gasteiger partial charge on any atom is -0.489 e. The zero-order valence-corrected chi connectivity index (χ0v) is 17.6. The summed E-state index contributed by atoms with van der Waals surface area (Å²) in [7, 11) is 0. The SMILES string of the molecule is CCC1CC(=O)NN=C1c1ccc2nc(-c3cccc(OCc4cccnc4)c3)oc2c1. The van der Waals surface area contributed by atoms with Crippen LogP contribution in [0.25, 0.3) is 22.6 Å². The normalized spacial score (nSPS) is 16.0. The van der Waals surface area contributed by atoms with Crippen LogP contribution in [-0.2, 0) is 11.4 Å². The Bertz CT molecular complexity index is 1300. The van der Waals surface area contributed by atoms with Crippen molar-refractivity contribution in [3.8, 4) is 17.2 Å². The minimum absolute atomic E-state index is 0.0470. The molecule has 7 nitrogen and oxygen atoms in total. The van der Waals surface area contributed by atoms with Crippen molar-refractivity contribution >= 4 is 22.7 Å². The van der Waals surface area contributed by atoms with Gasteiger partial charge in [0.1, 0.15) is 17.9 Å². The zero-order chi connectivity index (χ0) is 21.9. The first-order valence-corrected chi connectivity index (χ1v) is 10.6. The van der Waals surface area contributed by atoms with Gasteiger partial charge in [-0.05, 0) is 42.8 Å². The number of nitrogens with one attached hydrogen (secondary N) is 1. The van der Waals surface area contributed by atoms with Gasteiger partial charge in [0.15, 0.2) is 5.58 Å². The molecule has 3 heterocycles. The number of aromatic nitrogens is 2. The summed E-state index contributed by atoms with van der Waals surface area (Å²) in [6.45, 7) is 2.50. The Morgan fingerprint density at radius 2 is 2.06 bits per heavy atom. The lowest BCUT2D eigenvalue weighted by Gasteiger charge is -2.21. The van der Waals surface area contributed by atoms with E-state index in [0.717, 1.165) is 40.1 Å². The van der Waals surface area contributed by atoms with Crippen molar-refractivity contribution in [2.75, 3.05) is 0 Å². The number of hydrogen-bond donors (Lipinski definition) is 1. The van der Waals surface area contributed by atoms with Gasteiger partial charge in [-0.3, -0.25) is 9.78 Å². The van der Waals surface area contributed by atoms with Gasteiger partial charge in [-0.1, -0.05) is 25.1 Å². The highest BCUT2D eigenvalue weighted by Crippen LogP contribution is 2.29. The van der Waals surface area contributed by atoms with E-state index in [2.05, 4.69) is 27.4 Å². The van der Waals surface area contributed by atoms with E-state index < -0.39 is 0 Å². The second kappa shape index (κ2) is 8.63.